The van der Waals surface area contributed by atoms with E-state index in [0.717, 1.165) is 5.69 Å². The van der Waals surface area contributed by atoms with E-state index < -0.39 is 6.10 Å². The summed E-state index contributed by atoms with van der Waals surface area (Å²) in [5, 5.41) is 21.1. The minimum absolute atomic E-state index is 0.341. The summed E-state index contributed by atoms with van der Waals surface area (Å²) in [5.74, 6) is -0.341. The second kappa shape index (κ2) is 5.25. The van der Waals surface area contributed by atoms with Crippen molar-refractivity contribution < 1.29 is 5.11 Å². The van der Waals surface area contributed by atoms with Crippen LogP contribution in [0.5, 0.6) is 0 Å². The Labute approximate surface area is 84.0 Å². The lowest BCUT2D eigenvalue weighted by Crippen LogP contribution is -2.25. The lowest BCUT2D eigenvalue weighted by atomic mass is 10.1. The van der Waals surface area contributed by atoms with Gasteiger partial charge in [0.25, 0.3) is 0 Å². The molecule has 0 spiro atoms. The van der Waals surface area contributed by atoms with Gasteiger partial charge in [-0.1, -0.05) is 18.2 Å². The normalized spacial score (nSPS) is 14.1. The first-order valence-corrected chi connectivity index (χ1v) is 4.60. The third-order valence-electron chi connectivity index (χ3n) is 2.07. The van der Waals surface area contributed by atoms with Crippen LogP contribution >= 0.6 is 0 Å². The van der Waals surface area contributed by atoms with E-state index in [4.69, 9.17) is 5.26 Å². The molecule has 0 saturated heterocycles. The highest BCUT2D eigenvalue weighted by Gasteiger charge is 2.12. The van der Waals surface area contributed by atoms with E-state index in [9.17, 15) is 5.11 Å². The summed E-state index contributed by atoms with van der Waals surface area (Å²) in [6, 6.07) is 11.6. The summed E-state index contributed by atoms with van der Waals surface area (Å²) in [4.78, 5) is 0. The molecule has 1 aromatic rings. The van der Waals surface area contributed by atoms with Gasteiger partial charge in [-0.25, -0.2) is 0 Å². The Bertz CT molecular complexity index is 305. The molecule has 0 heterocycles. The SMILES string of the molecule is CC(C#N)C(O)CNc1ccccc1. The van der Waals surface area contributed by atoms with E-state index >= 15 is 0 Å². The molecule has 2 unspecified atom stereocenters. The van der Waals surface area contributed by atoms with Crippen molar-refractivity contribution in [3.05, 3.63) is 30.3 Å². The van der Waals surface area contributed by atoms with Crippen molar-refractivity contribution in [2.45, 2.75) is 13.0 Å². The van der Waals surface area contributed by atoms with Crippen LogP contribution in [0.2, 0.25) is 0 Å². The highest BCUT2D eigenvalue weighted by atomic mass is 16.3. The maximum absolute atomic E-state index is 9.49. The monoisotopic (exact) mass is 190 g/mol. The Morgan fingerprint density at radius 2 is 2.07 bits per heavy atom. The van der Waals surface area contributed by atoms with E-state index in [1.165, 1.54) is 0 Å². The molecule has 2 N–H and O–H groups in total. The molecule has 3 nitrogen and oxygen atoms in total. The van der Waals surface area contributed by atoms with Gasteiger partial charge >= 0.3 is 0 Å². The van der Waals surface area contributed by atoms with Crippen LogP contribution in [0.1, 0.15) is 6.92 Å². The van der Waals surface area contributed by atoms with Crippen molar-refractivity contribution in [3.8, 4) is 6.07 Å². The zero-order valence-electron chi connectivity index (χ0n) is 8.14. The third kappa shape index (κ3) is 3.08. The van der Waals surface area contributed by atoms with E-state index in [2.05, 4.69) is 5.32 Å². The van der Waals surface area contributed by atoms with Crippen molar-refractivity contribution in [2.75, 3.05) is 11.9 Å². The Kier molecular flexibility index (Phi) is 3.96. The molecular weight excluding hydrogens is 176 g/mol. The molecule has 74 valence electrons. The minimum Gasteiger partial charge on any atom is -0.390 e. The number of aliphatic hydroxyl groups is 1. The maximum atomic E-state index is 9.49. The number of nitriles is 1. The zero-order chi connectivity index (χ0) is 10.4. The zero-order valence-corrected chi connectivity index (χ0v) is 8.14. The molecule has 0 fully saturated rings. The van der Waals surface area contributed by atoms with E-state index in [1.54, 1.807) is 6.92 Å². The highest BCUT2D eigenvalue weighted by molar-refractivity contribution is 5.42. The lowest BCUT2D eigenvalue weighted by molar-refractivity contribution is 0.153. The molecule has 0 bridgehead atoms. The number of benzene rings is 1. The second-order valence-corrected chi connectivity index (χ2v) is 3.23. The topological polar surface area (TPSA) is 56.0 Å². The van der Waals surface area contributed by atoms with Crippen LogP contribution in [-0.2, 0) is 0 Å². The Morgan fingerprint density at radius 1 is 1.43 bits per heavy atom. The van der Waals surface area contributed by atoms with Crippen molar-refractivity contribution in [3.63, 3.8) is 0 Å². The standard InChI is InChI=1S/C11H14N2O/c1-9(7-12)11(14)8-13-10-5-3-2-4-6-10/h2-6,9,11,13-14H,8H2,1H3. The van der Waals surface area contributed by atoms with Gasteiger partial charge in [0.15, 0.2) is 0 Å². The Balaban J connectivity index is 2.39. The number of aliphatic hydroxyl groups excluding tert-OH is 1. The fourth-order valence-corrected chi connectivity index (χ4v) is 1.04. The van der Waals surface area contributed by atoms with Gasteiger partial charge in [-0.15, -0.1) is 0 Å². The van der Waals surface area contributed by atoms with Crippen LogP contribution in [0.25, 0.3) is 0 Å². The molecule has 0 aliphatic heterocycles. The van der Waals surface area contributed by atoms with Crippen molar-refractivity contribution in [1.82, 2.24) is 0 Å². The molecule has 0 aliphatic rings. The van der Waals surface area contributed by atoms with Gasteiger partial charge in [-0.3, -0.25) is 0 Å². The number of nitrogens with zero attached hydrogens (tertiary/aromatic N) is 1. The lowest BCUT2D eigenvalue weighted by Gasteiger charge is -2.13. The third-order valence-corrected chi connectivity index (χ3v) is 2.07. The molecule has 0 aromatic heterocycles. The van der Waals surface area contributed by atoms with Crippen molar-refractivity contribution >= 4 is 5.69 Å². The molecule has 1 aromatic carbocycles. The van der Waals surface area contributed by atoms with Crippen molar-refractivity contribution in [2.24, 2.45) is 5.92 Å². The predicted octanol–water partition coefficient (Wildman–Crippen LogP) is 1.62. The van der Waals surface area contributed by atoms with E-state index in [0.29, 0.717) is 6.54 Å². The average Bonchev–Trinajstić information content (AvgIpc) is 2.26. The second-order valence-electron chi connectivity index (χ2n) is 3.23. The summed E-state index contributed by atoms with van der Waals surface area (Å²) < 4.78 is 0. The number of para-hydroxylation sites is 1. The van der Waals surface area contributed by atoms with Crippen LogP contribution in [0, 0.1) is 17.2 Å². The fraction of sp³-hybridized carbons (Fsp3) is 0.364. The van der Waals surface area contributed by atoms with Crippen molar-refractivity contribution in [1.29, 1.82) is 5.26 Å². The first kappa shape index (κ1) is 10.6. The maximum Gasteiger partial charge on any atom is 0.0867 e. The van der Waals surface area contributed by atoms with Gasteiger partial charge in [-0.05, 0) is 19.1 Å². The number of hydrogen-bond donors (Lipinski definition) is 2. The fourth-order valence-electron chi connectivity index (χ4n) is 1.04. The number of rotatable bonds is 4. The molecule has 3 heteroatoms. The van der Waals surface area contributed by atoms with Crippen LogP contribution < -0.4 is 5.32 Å². The molecule has 0 saturated carbocycles. The number of anilines is 1. The molecule has 2 atom stereocenters. The minimum atomic E-state index is -0.625. The molecule has 14 heavy (non-hydrogen) atoms. The van der Waals surface area contributed by atoms with E-state index in [-0.39, 0.29) is 5.92 Å². The Morgan fingerprint density at radius 3 is 2.64 bits per heavy atom. The smallest absolute Gasteiger partial charge is 0.0867 e. The van der Waals surface area contributed by atoms with Crippen LogP contribution in [0.3, 0.4) is 0 Å². The van der Waals surface area contributed by atoms with E-state index in [1.807, 2.05) is 36.4 Å². The first-order valence-electron chi connectivity index (χ1n) is 4.60. The number of nitrogens with one attached hydrogen (secondary N) is 1. The van der Waals surface area contributed by atoms with Crippen LogP contribution in [0.4, 0.5) is 5.69 Å². The summed E-state index contributed by atoms with van der Waals surface area (Å²) in [5.41, 5.74) is 0.955. The van der Waals surface area contributed by atoms with Gasteiger partial charge in [0.05, 0.1) is 18.1 Å². The van der Waals surface area contributed by atoms with Gasteiger partial charge < -0.3 is 10.4 Å². The largest absolute Gasteiger partial charge is 0.390 e. The predicted molar refractivity (Wildman–Crippen MR) is 55.7 cm³/mol. The molecule has 1 rings (SSSR count). The van der Waals surface area contributed by atoms with Gasteiger partial charge in [0, 0.05) is 12.2 Å². The average molecular weight is 190 g/mol. The van der Waals surface area contributed by atoms with Crippen LogP contribution in [-0.4, -0.2) is 17.8 Å². The van der Waals surface area contributed by atoms with Gasteiger partial charge in [0.2, 0.25) is 0 Å². The summed E-state index contributed by atoms with van der Waals surface area (Å²) in [7, 11) is 0. The van der Waals surface area contributed by atoms with Gasteiger partial charge in [0.1, 0.15) is 0 Å². The van der Waals surface area contributed by atoms with Gasteiger partial charge in [-0.2, -0.15) is 5.26 Å². The molecule has 0 aliphatic carbocycles. The summed E-state index contributed by atoms with van der Waals surface area (Å²) in [6.45, 7) is 2.11. The Hall–Kier alpha value is -1.53. The quantitative estimate of drug-likeness (QED) is 0.758. The molecular formula is C11H14N2O. The summed E-state index contributed by atoms with van der Waals surface area (Å²) in [6.07, 6.45) is -0.625. The highest BCUT2D eigenvalue weighted by Crippen LogP contribution is 2.07. The van der Waals surface area contributed by atoms with Crippen LogP contribution in [0.15, 0.2) is 30.3 Å². The number of hydrogen-bond acceptors (Lipinski definition) is 3. The molecule has 0 amide bonds. The molecule has 0 radical (unpaired) electrons. The first-order chi connectivity index (χ1) is 6.74. The summed E-state index contributed by atoms with van der Waals surface area (Å²) >= 11 is 0.